The van der Waals surface area contributed by atoms with Gasteiger partial charge in [0.2, 0.25) is 5.95 Å². The molecule has 0 saturated heterocycles. The molecule has 0 radical (unpaired) electrons. The number of rotatable bonds is 8. The van der Waals surface area contributed by atoms with E-state index in [4.69, 9.17) is 20.6 Å². The molecule has 0 aliphatic heterocycles. The maximum atomic E-state index is 6.58. The predicted molar refractivity (Wildman–Crippen MR) is 136 cm³/mol. The maximum absolute atomic E-state index is 6.58. The van der Waals surface area contributed by atoms with E-state index in [9.17, 15) is 0 Å². The number of benzene rings is 3. The van der Waals surface area contributed by atoms with Crippen LogP contribution in [0.3, 0.4) is 0 Å². The number of nitrogens with zero attached hydrogens (tertiary/aromatic N) is 4. The standard InChI is InChI=1S/C27H26N6O/c1-19-9-8-12-21(17-19)24-23-25(28)33(18-20-10-4-2-5-11-20)32-26(23)31-27(30-24)29-15-16-34-22-13-6-3-7-14-22/h2-14,17H,15-16,18,28H2,1H3,(H,29,31,32). The molecular weight excluding hydrogens is 424 g/mol. The number of hydrogen-bond donors (Lipinski definition) is 2. The lowest BCUT2D eigenvalue weighted by Crippen LogP contribution is -2.13. The summed E-state index contributed by atoms with van der Waals surface area (Å²) in [6.45, 7) is 3.65. The molecule has 2 heterocycles. The second kappa shape index (κ2) is 9.62. The first-order valence-corrected chi connectivity index (χ1v) is 11.2. The van der Waals surface area contributed by atoms with Crippen molar-refractivity contribution in [2.75, 3.05) is 24.2 Å². The first-order valence-electron chi connectivity index (χ1n) is 11.2. The molecule has 7 heteroatoms. The Morgan fingerprint density at radius 1 is 0.912 bits per heavy atom. The molecule has 0 amide bonds. The molecule has 0 saturated carbocycles. The Hall–Kier alpha value is -4.39. The molecule has 0 unspecified atom stereocenters. The van der Waals surface area contributed by atoms with Crippen molar-refractivity contribution >= 4 is 22.8 Å². The summed E-state index contributed by atoms with van der Waals surface area (Å²) in [6, 6.07) is 28.0. The minimum Gasteiger partial charge on any atom is -0.492 e. The number of aryl methyl sites for hydroxylation is 1. The van der Waals surface area contributed by atoms with E-state index < -0.39 is 0 Å². The predicted octanol–water partition coefficient (Wildman–Crippen LogP) is 4.92. The Kier molecular flexibility index (Phi) is 6.07. The highest BCUT2D eigenvalue weighted by Gasteiger charge is 2.18. The van der Waals surface area contributed by atoms with Gasteiger partial charge in [-0.05, 0) is 30.7 Å². The van der Waals surface area contributed by atoms with E-state index in [2.05, 4.69) is 41.5 Å². The Balaban J connectivity index is 1.47. The molecule has 3 N–H and O–H groups in total. The smallest absolute Gasteiger partial charge is 0.225 e. The lowest BCUT2D eigenvalue weighted by atomic mass is 10.1. The van der Waals surface area contributed by atoms with Crippen LogP contribution in [0.15, 0.2) is 84.9 Å². The summed E-state index contributed by atoms with van der Waals surface area (Å²) in [5.74, 6) is 1.87. The molecule has 5 aromatic rings. The molecule has 2 aromatic heterocycles. The number of nitrogens with one attached hydrogen (secondary N) is 1. The van der Waals surface area contributed by atoms with Gasteiger partial charge in [0.15, 0.2) is 5.65 Å². The SMILES string of the molecule is Cc1cccc(-c2nc(NCCOc3ccccc3)nc3nn(Cc4ccccc4)c(N)c23)c1. The lowest BCUT2D eigenvalue weighted by molar-refractivity contribution is 0.332. The minimum absolute atomic E-state index is 0.482. The average molecular weight is 451 g/mol. The number of fused-ring (bicyclic) bond motifs is 1. The molecular formula is C27H26N6O. The zero-order valence-corrected chi connectivity index (χ0v) is 19.0. The zero-order chi connectivity index (χ0) is 23.3. The number of aromatic nitrogens is 4. The minimum atomic E-state index is 0.482. The fourth-order valence-electron chi connectivity index (χ4n) is 3.86. The summed E-state index contributed by atoms with van der Waals surface area (Å²) in [5.41, 5.74) is 11.1. The summed E-state index contributed by atoms with van der Waals surface area (Å²) in [4.78, 5) is 9.49. The Bertz CT molecular complexity index is 1400. The van der Waals surface area contributed by atoms with Crippen LogP contribution >= 0.6 is 0 Å². The van der Waals surface area contributed by atoms with Crippen LogP contribution in [0.4, 0.5) is 11.8 Å². The quantitative estimate of drug-likeness (QED) is 0.326. The number of nitrogen functional groups attached to an aromatic ring is 1. The van der Waals surface area contributed by atoms with Crippen LogP contribution in [-0.4, -0.2) is 32.9 Å². The van der Waals surface area contributed by atoms with Gasteiger partial charge in [-0.3, -0.25) is 0 Å². The Morgan fingerprint density at radius 3 is 2.44 bits per heavy atom. The summed E-state index contributed by atoms with van der Waals surface area (Å²) in [5, 5.41) is 8.75. The zero-order valence-electron chi connectivity index (χ0n) is 19.0. The average Bonchev–Trinajstić information content (AvgIpc) is 3.17. The van der Waals surface area contributed by atoms with Crippen LogP contribution in [0, 0.1) is 6.92 Å². The third kappa shape index (κ3) is 4.68. The van der Waals surface area contributed by atoms with Gasteiger partial charge >= 0.3 is 0 Å². The van der Waals surface area contributed by atoms with Gasteiger partial charge in [0.25, 0.3) is 0 Å². The van der Waals surface area contributed by atoms with Gasteiger partial charge in [-0.1, -0.05) is 72.3 Å². The summed E-state index contributed by atoms with van der Waals surface area (Å²) in [7, 11) is 0. The van der Waals surface area contributed by atoms with Gasteiger partial charge in [0, 0.05) is 5.56 Å². The number of ether oxygens (including phenoxy) is 1. The molecule has 0 fully saturated rings. The van der Waals surface area contributed by atoms with Crippen LogP contribution in [0.1, 0.15) is 11.1 Å². The largest absolute Gasteiger partial charge is 0.492 e. The van der Waals surface area contributed by atoms with Crippen molar-refractivity contribution < 1.29 is 4.74 Å². The second-order valence-electron chi connectivity index (χ2n) is 8.08. The summed E-state index contributed by atoms with van der Waals surface area (Å²) >= 11 is 0. The molecule has 0 spiro atoms. The van der Waals surface area contributed by atoms with Crippen molar-refractivity contribution in [3.05, 3.63) is 96.1 Å². The van der Waals surface area contributed by atoms with Crippen molar-refractivity contribution in [2.24, 2.45) is 0 Å². The number of anilines is 2. The third-order valence-corrected chi connectivity index (χ3v) is 5.50. The molecule has 0 aliphatic carbocycles. The van der Waals surface area contributed by atoms with E-state index in [0.717, 1.165) is 33.5 Å². The molecule has 0 aliphatic rings. The Morgan fingerprint density at radius 2 is 1.68 bits per heavy atom. The van der Waals surface area contributed by atoms with Crippen LogP contribution in [0.2, 0.25) is 0 Å². The molecule has 7 nitrogen and oxygen atoms in total. The highest BCUT2D eigenvalue weighted by molar-refractivity contribution is 5.99. The van der Waals surface area contributed by atoms with Crippen molar-refractivity contribution in [3.8, 4) is 17.0 Å². The summed E-state index contributed by atoms with van der Waals surface area (Å²) in [6.07, 6.45) is 0. The molecule has 0 atom stereocenters. The van der Waals surface area contributed by atoms with Crippen LogP contribution in [0.5, 0.6) is 5.75 Å². The second-order valence-corrected chi connectivity index (χ2v) is 8.08. The van der Waals surface area contributed by atoms with Crippen LogP contribution in [-0.2, 0) is 6.54 Å². The van der Waals surface area contributed by atoms with Crippen molar-refractivity contribution in [2.45, 2.75) is 13.5 Å². The topological polar surface area (TPSA) is 90.9 Å². The van der Waals surface area contributed by atoms with E-state index in [0.29, 0.717) is 37.1 Å². The fourth-order valence-corrected chi connectivity index (χ4v) is 3.86. The Labute approximate surface area is 198 Å². The van der Waals surface area contributed by atoms with Crippen molar-refractivity contribution in [1.29, 1.82) is 0 Å². The molecule has 0 bridgehead atoms. The van der Waals surface area contributed by atoms with E-state index in [1.165, 1.54) is 0 Å². The number of nitrogens with two attached hydrogens (primary N) is 1. The van der Waals surface area contributed by atoms with Gasteiger partial charge in [-0.2, -0.15) is 4.98 Å². The van der Waals surface area contributed by atoms with Crippen molar-refractivity contribution in [1.82, 2.24) is 19.7 Å². The maximum Gasteiger partial charge on any atom is 0.225 e. The van der Waals surface area contributed by atoms with Gasteiger partial charge in [0.1, 0.15) is 18.2 Å². The van der Waals surface area contributed by atoms with Gasteiger partial charge in [-0.25, -0.2) is 9.67 Å². The normalized spacial score (nSPS) is 11.0. The first kappa shape index (κ1) is 21.5. The van der Waals surface area contributed by atoms with E-state index >= 15 is 0 Å². The van der Waals surface area contributed by atoms with Gasteiger partial charge in [0.05, 0.1) is 24.2 Å². The fraction of sp³-hybridized carbons (Fsp3) is 0.148. The van der Waals surface area contributed by atoms with Crippen LogP contribution in [0.25, 0.3) is 22.3 Å². The van der Waals surface area contributed by atoms with E-state index in [1.54, 1.807) is 4.68 Å². The number of hydrogen-bond acceptors (Lipinski definition) is 6. The van der Waals surface area contributed by atoms with Crippen molar-refractivity contribution in [3.63, 3.8) is 0 Å². The lowest BCUT2D eigenvalue weighted by Gasteiger charge is -2.10. The monoisotopic (exact) mass is 450 g/mol. The highest BCUT2D eigenvalue weighted by atomic mass is 16.5. The molecule has 5 rings (SSSR count). The van der Waals surface area contributed by atoms with Crippen LogP contribution < -0.4 is 15.8 Å². The third-order valence-electron chi connectivity index (χ3n) is 5.50. The molecule has 170 valence electrons. The molecule has 34 heavy (non-hydrogen) atoms. The summed E-state index contributed by atoms with van der Waals surface area (Å²) < 4.78 is 7.57. The number of para-hydroxylation sites is 1. The van der Waals surface area contributed by atoms with E-state index in [1.807, 2.05) is 60.7 Å². The van der Waals surface area contributed by atoms with Gasteiger partial charge < -0.3 is 15.8 Å². The molecule has 3 aromatic carbocycles. The van der Waals surface area contributed by atoms with E-state index in [-0.39, 0.29) is 0 Å². The highest BCUT2D eigenvalue weighted by Crippen LogP contribution is 2.32. The van der Waals surface area contributed by atoms with Gasteiger partial charge in [-0.15, -0.1) is 5.10 Å². The first-order chi connectivity index (χ1) is 16.7.